The third-order valence-electron chi connectivity index (χ3n) is 8.94. The summed E-state index contributed by atoms with van der Waals surface area (Å²) in [5.74, 6) is -0.769. The molecule has 0 aliphatic carbocycles. The Balaban J connectivity index is 1.51. The van der Waals surface area contributed by atoms with Crippen molar-refractivity contribution in [2.75, 3.05) is 25.0 Å². The molecule has 1 aliphatic heterocycles. The zero-order valence-corrected chi connectivity index (χ0v) is 28.5. The van der Waals surface area contributed by atoms with Crippen molar-refractivity contribution in [2.45, 2.75) is 71.9 Å². The van der Waals surface area contributed by atoms with E-state index in [0.29, 0.717) is 59.9 Å². The average Bonchev–Trinajstić information content (AvgIpc) is 3.51. The number of rotatable bonds is 13. The number of aliphatic hydroxyl groups excluding tert-OH is 1. The molecule has 0 radical (unpaired) electrons. The third-order valence-corrected chi connectivity index (χ3v) is 8.94. The minimum atomic E-state index is -0.442. The molecule has 49 heavy (non-hydrogen) atoms. The first-order valence-corrected chi connectivity index (χ1v) is 17.0. The maximum absolute atomic E-state index is 14.5. The maximum atomic E-state index is 14.5. The molecule has 10 nitrogen and oxygen atoms in total. The van der Waals surface area contributed by atoms with Crippen LogP contribution in [-0.2, 0) is 24.2 Å². The molecule has 3 aromatic carbocycles. The smallest absolute Gasteiger partial charge is 0.274 e. The van der Waals surface area contributed by atoms with Gasteiger partial charge in [-0.2, -0.15) is 10.4 Å². The molecule has 3 amide bonds. The second-order valence-corrected chi connectivity index (χ2v) is 12.6. The van der Waals surface area contributed by atoms with Crippen LogP contribution in [0.4, 0.5) is 5.69 Å². The summed E-state index contributed by atoms with van der Waals surface area (Å²) in [7, 11) is 0. The normalized spacial score (nSPS) is 13.8. The summed E-state index contributed by atoms with van der Waals surface area (Å²) in [6, 6.07) is 23.2. The molecular formula is C39H44N6O4. The van der Waals surface area contributed by atoms with Crippen LogP contribution in [0.25, 0.3) is 5.69 Å². The minimum Gasteiger partial charge on any atom is -0.394 e. The molecule has 2 heterocycles. The maximum Gasteiger partial charge on any atom is 0.274 e. The highest BCUT2D eigenvalue weighted by Gasteiger charge is 2.32. The van der Waals surface area contributed by atoms with Gasteiger partial charge in [0.25, 0.3) is 11.8 Å². The number of aromatic nitrogens is 2. The van der Waals surface area contributed by atoms with Gasteiger partial charge in [-0.1, -0.05) is 63.1 Å². The first-order valence-electron chi connectivity index (χ1n) is 17.0. The Morgan fingerprint density at radius 2 is 1.71 bits per heavy atom. The lowest BCUT2D eigenvalue weighted by Gasteiger charge is -2.36. The quantitative estimate of drug-likeness (QED) is 0.185. The Labute approximate surface area is 288 Å². The fraction of sp³-hybridized carbons (Fsp3) is 0.359. The van der Waals surface area contributed by atoms with Gasteiger partial charge in [0, 0.05) is 31.0 Å². The molecular weight excluding hydrogens is 616 g/mol. The van der Waals surface area contributed by atoms with Gasteiger partial charge in [-0.25, -0.2) is 4.68 Å². The second kappa shape index (κ2) is 16.2. The molecule has 10 heteroatoms. The Kier molecular flexibility index (Phi) is 11.6. The van der Waals surface area contributed by atoms with E-state index in [1.54, 1.807) is 58.1 Å². The van der Waals surface area contributed by atoms with Crippen LogP contribution in [0.3, 0.4) is 0 Å². The van der Waals surface area contributed by atoms with Crippen LogP contribution in [0, 0.1) is 18.3 Å². The molecule has 1 aromatic heterocycles. The summed E-state index contributed by atoms with van der Waals surface area (Å²) < 4.78 is 1.61. The van der Waals surface area contributed by atoms with Crippen molar-refractivity contribution < 1.29 is 19.5 Å². The lowest BCUT2D eigenvalue weighted by atomic mass is 9.93. The molecule has 1 aliphatic rings. The van der Waals surface area contributed by atoms with E-state index in [4.69, 9.17) is 5.10 Å². The van der Waals surface area contributed by atoms with Gasteiger partial charge >= 0.3 is 0 Å². The molecule has 0 spiro atoms. The summed E-state index contributed by atoms with van der Waals surface area (Å²) in [6.45, 7) is 7.45. The third kappa shape index (κ3) is 8.24. The van der Waals surface area contributed by atoms with Gasteiger partial charge in [0.15, 0.2) is 5.69 Å². The van der Waals surface area contributed by atoms with Crippen molar-refractivity contribution >= 4 is 23.4 Å². The van der Waals surface area contributed by atoms with Crippen LogP contribution in [0.1, 0.15) is 88.3 Å². The van der Waals surface area contributed by atoms with Crippen LogP contribution in [0.5, 0.6) is 0 Å². The first-order chi connectivity index (χ1) is 23.8. The molecule has 0 bridgehead atoms. The molecule has 0 saturated carbocycles. The summed E-state index contributed by atoms with van der Waals surface area (Å²) in [6.07, 6.45) is 4.30. The zero-order valence-electron chi connectivity index (χ0n) is 28.5. The van der Waals surface area contributed by atoms with Gasteiger partial charge in [-0.3, -0.25) is 14.4 Å². The van der Waals surface area contributed by atoms with Crippen molar-refractivity contribution in [1.29, 1.82) is 5.26 Å². The molecule has 5 rings (SSSR count). The number of hydrogen-bond acceptors (Lipinski definition) is 6. The van der Waals surface area contributed by atoms with Crippen molar-refractivity contribution in [1.82, 2.24) is 19.6 Å². The van der Waals surface area contributed by atoms with Gasteiger partial charge in [0.1, 0.15) is 0 Å². The molecule has 4 aromatic rings. The molecule has 2 N–H and O–H groups in total. The summed E-state index contributed by atoms with van der Waals surface area (Å²) >= 11 is 0. The number of aliphatic hydroxyl groups is 1. The first kappa shape index (κ1) is 35.0. The monoisotopic (exact) mass is 660 g/mol. The number of hydrogen-bond donors (Lipinski definition) is 2. The number of nitrogens with zero attached hydrogens (tertiary/aromatic N) is 5. The highest BCUT2D eigenvalue weighted by Crippen LogP contribution is 2.29. The van der Waals surface area contributed by atoms with Crippen molar-refractivity contribution in [3.63, 3.8) is 0 Å². The van der Waals surface area contributed by atoms with Crippen LogP contribution < -0.4 is 5.32 Å². The summed E-state index contributed by atoms with van der Waals surface area (Å²) in [5.41, 5.74) is 5.40. The predicted molar refractivity (Wildman–Crippen MR) is 188 cm³/mol. The highest BCUT2D eigenvalue weighted by atomic mass is 16.3. The van der Waals surface area contributed by atoms with Crippen LogP contribution in [0.15, 0.2) is 72.8 Å². The van der Waals surface area contributed by atoms with E-state index in [1.807, 2.05) is 36.1 Å². The molecule has 254 valence electrons. The Morgan fingerprint density at radius 1 is 0.980 bits per heavy atom. The van der Waals surface area contributed by atoms with Crippen LogP contribution in [-0.4, -0.2) is 68.1 Å². The number of carbonyl (C=O) groups is 3. The predicted octanol–water partition coefficient (Wildman–Crippen LogP) is 5.84. The number of nitriles is 1. The van der Waals surface area contributed by atoms with Crippen molar-refractivity contribution in [2.24, 2.45) is 0 Å². The van der Waals surface area contributed by atoms with Gasteiger partial charge in [0.2, 0.25) is 5.91 Å². The van der Waals surface area contributed by atoms with E-state index >= 15 is 0 Å². The highest BCUT2D eigenvalue weighted by molar-refractivity contribution is 6.01. The minimum absolute atomic E-state index is 0.0480. The SMILES string of the molecule is CCCCN(CCCC)C(=O)c1cc(C)n(-c2ccc(NC(=O)Cc3cccc(C#N)c3)cc2C(=O)N2Cc3ccccc3C[C@H]2CO)n1. The number of carbonyl (C=O) groups excluding carboxylic acids is 3. The van der Waals surface area contributed by atoms with Crippen LogP contribution in [0.2, 0.25) is 0 Å². The van der Waals surface area contributed by atoms with Crippen molar-refractivity contribution in [3.05, 3.63) is 112 Å². The summed E-state index contributed by atoms with van der Waals surface area (Å²) in [4.78, 5) is 44.8. The van der Waals surface area contributed by atoms with E-state index in [0.717, 1.165) is 36.8 Å². The number of aryl methyl sites for hydroxylation is 1. The van der Waals surface area contributed by atoms with Gasteiger partial charge < -0.3 is 20.2 Å². The lowest BCUT2D eigenvalue weighted by molar-refractivity contribution is -0.115. The Morgan fingerprint density at radius 3 is 2.41 bits per heavy atom. The van der Waals surface area contributed by atoms with E-state index in [9.17, 15) is 24.8 Å². The Bertz CT molecular complexity index is 1850. The zero-order chi connectivity index (χ0) is 34.9. The number of benzene rings is 3. The largest absolute Gasteiger partial charge is 0.394 e. The molecule has 0 fully saturated rings. The van der Waals surface area contributed by atoms with E-state index in [-0.39, 0.29) is 36.3 Å². The number of fused-ring (bicyclic) bond motifs is 1. The van der Waals surface area contributed by atoms with Crippen molar-refractivity contribution in [3.8, 4) is 11.8 Å². The van der Waals surface area contributed by atoms with Crippen LogP contribution >= 0.6 is 0 Å². The fourth-order valence-electron chi connectivity index (χ4n) is 6.25. The molecule has 0 unspecified atom stereocenters. The standard InChI is InChI=1S/C39H44N6O4/c1-4-6-17-43(18-7-5-2)39(49)35-19-27(3)45(42-35)36-16-15-32(41-37(47)21-28-11-10-12-29(20-28)24-40)23-34(36)38(48)44-25-31-14-9-8-13-30(31)22-33(44)26-46/h8-16,19-20,23,33,46H,4-7,17-18,21-22,25-26H2,1-3H3,(H,41,47)/t33-/m0/s1. The average molecular weight is 661 g/mol. The van der Waals surface area contributed by atoms with E-state index in [2.05, 4.69) is 25.2 Å². The van der Waals surface area contributed by atoms with Gasteiger partial charge in [-0.05, 0) is 79.3 Å². The van der Waals surface area contributed by atoms with E-state index in [1.165, 1.54) is 0 Å². The number of amides is 3. The summed E-state index contributed by atoms with van der Waals surface area (Å²) in [5, 5.41) is 27.3. The number of nitrogens with one attached hydrogen (secondary N) is 1. The number of anilines is 1. The lowest BCUT2D eigenvalue weighted by Crippen LogP contribution is -2.46. The molecule has 0 saturated heterocycles. The Hall–Kier alpha value is -5.27. The van der Waals surface area contributed by atoms with E-state index < -0.39 is 6.04 Å². The number of unbranched alkanes of at least 4 members (excludes halogenated alkanes) is 2. The fourth-order valence-corrected chi connectivity index (χ4v) is 6.25. The second-order valence-electron chi connectivity index (χ2n) is 12.6. The van der Waals surface area contributed by atoms with Gasteiger partial charge in [0.05, 0.1) is 42.0 Å². The molecule has 1 atom stereocenters. The topological polar surface area (TPSA) is 132 Å². The van der Waals surface area contributed by atoms with Gasteiger partial charge in [-0.15, -0.1) is 0 Å².